The van der Waals surface area contributed by atoms with Crippen LogP contribution in [0, 0.1) is 0 Å². The summed E-state index contributed by atoms with van der Waals surface area (Å²) < 4.78 is 3.03. The standard InChI is InChI=1S/C9H8N2OS.BrH/c10-9(12)5-11-6-13-8-4-2-1-3-7(8)11;/h1-4,6H,5H2,(H-,10,12);1H. The van der Waals surface area contributed by atoms with Crippen LogP contribution in [0.15, 0.2) is 29.8 Å². The van der Waals surface area contributed by atoms with Crippen molar-refractivity contribution in [2.75, 3.05) is 0 Å². The molecule has 0 unspecified atom stereocenters. The fraction of sp³-hybridized carbons (Fsp3) is 0.111. The molecule has 0 aliphatic heterocycles. The highest BCUT2D eigenvalue weighted by Gasteiger charge is 2.12. The Hall–Kier alpha value is -0.940. The molecule has 14 heavy (non-hydrogen) atoms. The van der Waals surface area contributed by atoms with E-state index in [1.807, 2.05) is 34.3 Å². The van der Waals surface area contributed by atoms with E-state index in [4.69, 9.17) is 5.73 Å². The van der Waals surface area contributed by atoms with E-state index < -0.39 is 0 Å². The number of carbonyl (C=O) groups excluding carboxylic acids is 1. The zero-order valence-corrected chi connectivity index (χ0v) is 9.72. The SMILES string of the molecule is NC(=O)C[n+]1csc2ccccc21.[Br-]. The fourth-order valence-electron chi connectivity index (χ4n) is 1.26. The predicted octanol–water partition coefficient (Wildman–Crippen LogP) is -2.32. The second-order valence-electron chi connectivity index (χ2n) is 2.79. The van der Waals surface area contributed by atoms with E-state index in [1.54, 1.807) is 11.3 Å². The minimum atomic E-state index is -0.312. The number of hydrogen-bond acceptors (Lipinski definition) is 2. The van der Waals surface area contributed by atoms with Crippen molar-refractivity contribution in [2.24, 2.45) is 5.73 Å². The number of carbonyl (C=O) groups is 1. The molecule has 2 aromatic rings. The summed E-state index contributed by atoms with van der Waals surface area (Å²) in [4.78, 5) is 10.7. The molecule has 0 atom stereocenters. The van der Waals surface area contributed by atoms with E-state index >= 15 is 0 Å². The van der Waals surface area contributed by atoms with E-state index in [2.05, 4.69) is 0 Å². The number of benzene rings is 1. The van der Waals surface area contributed by atoms with Gasteiger partial charge in [0.25, 0.3) is 5.91 Å². The van der Waals surface area contributed by atoms with E-state index in [0.717, 1.165) is 5.52 Å². The summed E-state index contributed by atoms with van der Waals surface area (Å²) in [5.41, 5.74) is 8.09. The zero-order valence-electron chi connectivity index (χ0n) is 7.31. The number of hydrogen-bond donors (Lipinski definition) is 1. The summed E-state index contributed by atoms with van der Waals surface area (Å²) in [6.45, 7) is 0.254. The van der Waals surface area contributed by atoms with Crippen LogP contribution in [0.5, 0.6) is 0 Å². The summed E-state index contributed by atoms with van der Waals surface area (Å²) in [7, 11) is 0. The van der Waals surface area contributed by atoms with Crippen molar-refractivity contribution < 1.29 is 26.3 Å². The van der Waals surface area contributed by atoms with Crippen molar-refractivity contribution >= 4 is 27.5 Å². The number of nitrogens with zero attached hydrogens (tertiary/aromatic N) is 1. The van der Waals surface area contributed by atoms with Gasteiger partial charge in [-0.15, -0.1) is 0 Å². The number of primary amides is 1. The third-order valence-corrected chi connectivity index (χ3v) is 2.77. The molecular formula is C9H9BrN2OS. The summed E-state index contributed by atoms with van der Waals surface area (Å²) in [6.07, 6.45) is 0. The van der Waals surface area contributed by atoms with E-state index in [9.17, 15) is 4.79 Å². The molecule has 0 aliphatic carbocycles. The summed E-state index contributed by atoms with van der Waals surface area (Å²) in [5, 5.41) is 0. The Bertz CT molecular complexity index is 455. The second kappa shape index (κ2) is 4.52. The van der Waals surface area contributed by atoms with Crippen molar-refractivity contribution in [2.45, 2.75) is 6.54 Å². The highest BCUT2D eigenvalue weighted by molar-refractivity contribution is 7.16. The van der Waals surface area contributed by atoms with Crippen LogP contribution < -0.4 is 27.3 Å². The summed E-state index contributed by atoms with van der Waals surface area (Å²) >= 11 is 1.61. The van der Waals surface area contributed by atoms with Gasteiger partial charge in [-0.1, -0.05) is 23.5 Å². The number of aromatic nitrogens is 1. The van der Waals surface area contributed by atoms with Crippen LogP contribution in [-0.4, -0.2) is 5.91 Å². The quantitative estimate of drug-likeness (QED) is 0.613. The van der Waals surface area contributed by atoms with E-state index in [-0.39, 0.29) is 29.4 Å². The third kappa shape index (κ3) is 2.10. The zero-order chi connectivity index (χ0) is 9.26. The molecule has 0 fully saturated rings. The van der Waals surface area contributed by atoms with Crippen molar-refractivity contribution in [1.82, 2.24) is 0 Å². The highest BCUT2D eigenvalue weighted by Crippen LogP contribution is 2.14. The topological polar surface area (TPSA) is 47.0 Å². The lowest BCUT2D eigenvalue weighted by molar-refractivity contribution is -0.653. The van der Waals surface area contributed by atoms with Crippen molar-refractivity contribution in [3.8, 4) is 0 Å². The third-order valence-electron chi connectivity index (χ3n) is 1.81. The molecule has 0 bridgehead atoms. The van der Waals surface area contributed by atoms with E-state index in [0.29, 0.717) is 0 Å². The molecule has 1 amide bonds. The lowest BCUT2D eigenvalue weighted by Crippen LogP contribution is -3.00. The molecule has 74 valence electrons. The molecule has 3 nitrogen and oxygen atoms in total. The first-order valence-electron chi connectivity index (χ1n) is 3.91. The first-order valence-corrected chi connectivity index (χ1v) is 4.79. The van der Waals surface area contributed by atoms with Gasteiger partial charge in [-0.2, -0.15) is 4.57 Å². The number of rotatable bonds is 2. The monoisotopic (exact) mass is 272 g/mol. The maximum absolute atomic E-state index is 10.7. The smallest absolute Gasteiger partial charge is 0.283 e. The van der Waals surface area contributed by atoms with Gasteiger partial charge in [0.05, 0.1) is 0 Å². The van der Waals surface area contributed by atoms with E-state index in [1.165, 1.54) is 4.70 Å². The highest BCUT2D eigenvalue weighted by atomic mass is 79.9. The van der Waals surface area contributed by atoms with Gasteiger partial charge in [-0.3, -0.25) is 4.79 Å². The molecule has 0 saturated heterocycles. The van der Waals surface area contributed by atoms with Crippen LogP contribution in [0.25, 0.3) is 10.2 Å². The van der Waals surface area contributed by atoms with Gasteiger partial charge < -0.3 is 22.7 Å². The van der Waals surface area contributed by atoms with Crippen LogP contribution in [0.4, 0.5) is 0 Å². The van der Waals surface area contributed by atoms with Gasteiger partial charge in [0.1, 0.15) is 4.70 Å². The summed E-state index contributed by atoms with van der Waals surface area (Å²) in [6, 6.07) is 7.94. The Morgan fingerprint density at radius 2 is 2.14 bits per heavy atom. The van der Waals surface area contributed by atoms with Gasteiger partial charge in [-0.25, -0.2) is 0 Å². The molecule has 1 aromatic heterocycles. The minimum Gasteiger partial charge on any atom is -1.00 e. The Morgan fingerprint density at radius 3 is 2.86 bits per heavy atom. The van der Waals surface area contributed by atoms with Crippen LogP contribution in [-0.2, 0) is 11.3 Å². The molecule has 1 aromatic carbocycles. The number of para-hydroxylation sites is 1. The fourth-order valence-corrected chi connectivity index (χ4v) is 2.15. The number of amides is 1. The molecule has 5 heteroatoms. The number of nitrogens with two attached hydrogens (primary N) is 1. The second-order valence-corrected chi connectivity index (χ2v) is 3.67. The molecule has 0 aliphatic rings. The van der Waals surface area contributed by atoms with Crippen molar-refractivity contribution in [3.63, 3.8) is 0 Å². The predicted molar refractivity (Wildman–Crippen MR) is 51.2 cm³/mol. The Morgan fingerprint density at radius 1 is 1.43 bits per heavy atom. The van der Waals surface area contributed by atoms with Crippen LogP contribution >= 0.6 is 11.3 Å². The molecule has 2 rings (SSSR count). The molecule has 0 saturated carbocycles. The van der Waals surface area contributed by atoms with Crippen LogP contribution in [0.3, 0.4) is 0 Å². The molecule has 0 radical (unpaired) electrons. The Balaban J connectivity index is 0.000000980. The van der Waals surface area contributed by atoms with Crippen LogP contribution in [0.2, 0.25) is 0 Å². The first-order chi connectivity index (χ1) is 6.27. The average Bonchev–Trinajstić information content (AvgIpc) is 2.48. The number of fused-ring (bicyclic) bond motifs is 1. The minimum absolute atomic E-state index is 0. The van der Waals surface area contributed by atoms with Crippen molar-refractivity contribution in [1.29, 1.82) is 0 Å². The first kappa shape index (κ1) is 11.1. The van der Waals surface area contributed by atoms with Gasteiger partial charge in [0, 0.05) is 6.07 Å². The van der Waals surface area contributed by atoms with Gasteiger partial charge in [0.15, 0.2) is 0 Å². The van der Waals surface area contributed by atoms with Gasteiger partial charge in [0.2, 0.25) is 17.6 Å². The van der Waals surface area contributed by atoms with Gasteiger partial charge >= 0.3 is 0 Å². The molecule has 1 heterocycles. The lowest BCUT2D eigenvalue weighted by atomic mass is 10.3. The normalized spacial score (nSPS) is 9.71. The number of halogens is 1. The van der Waals surface area contributed by atoms with Crippen molar-refractivity contribution in [3.05, 3.63) is 29.8 Å². The number of thiazole rings is 1. The maximum atomic E-state index is 10.7. The van der Waals surface area contributed by atoms with Crippen LogP contribution in [0.1, 0.15) is 0 Å². The Kier molecular flexibility index (Phi) is 3.60. The molecule has 0 spiro atoms. The molecular weight excluding hydrogens is 264 g/mol. The average molecular weight is 273 g/mol. The summed E-state index contributed by atoms with van der Waals surface area (Å²) in [5.74, 6) is -0.312. The largest absolute Gasteiger partial charge is 1.00 e. The van der Waals surface area contributed by atoms with Gasteiger partial charge in [-0.05, 0) is 6.07 Å². The maximum Gasteiger partial charge on any atom is 0.283 e. The molecule has 2 N–H and O–H groups in total. The lowest BCUT2D eigenvalue weighted by Gasteiger charge is -1.88. The Labute approximate surface area is 95.9 Å².